The third-order valence-electron chi connectivity index (χ3n) is 5.95. The summed E-state index contributed by atoms with van der Waals surface area (Å²) in [6.07, 6.45) is 0.577. The van der Waals surface area contributed by atoms with Crippen molar-refractivity contribution in [3.8, 4) is 11.5 Å². The van der Waals surface area contributed by atoms with Gasteiger partial charge >= 0.3 is 11.8 Å². The zero-order chi connectivity index (χ0) is 23.8. The molecular weight excluding hydrogens is 440 g/mol. The van der Waals surface area contributed by atoms with Gasteiger partial charge in [-0.05, 0) is 49.5 Å². The van der Waals surface area contributed by atoms with Gasteiger partial charge in [-0.2, -0.15) is 0 Å². The number of hydrogen-bond donors (Lipinski definition) is 2. The number of hydrogen-bond acceptors (Lipinski definition) is 7. The Kier molecular flexibility index (Phi) is 9.11. The molecule has 1 aromatic carbocycles. The summed E-state index contributed by atoms with van der Waals surface area (Å²) >= 11 is 1.68. The van der Waals surface area contributed by atoms with Crippen LogP contribution < -0.4 is 20.1 Å². The molecule has 2 aromatic rings. The number of ether oxygens (including phenoxy) is 2. The summed E-state index contributed by atoms with van der Waals surface area (Å²) in [6, 6.07) is 9.58. The van der Waals surface area contributed by atoms with Crippen LogP contribution in [0.2, 0.25) is 0 Å². The van der Waals surface area contributed by atoms with Crippen molar-refractivity contribution in [2.45, 2.75) is 25.4 Å². The molecule has 2 amide bonds. The maximum absolute atomic E-state index is 12.6. The minimum Gasteiger partial charge on any atom is -0.493 e. The second kappa shape index (κ2) is 12.0. The Morgan fingerprint density at radius 3 is 2.42 bits per heavy atom. The normalized spacial score (nSPS) is 16.6. The largest absolute Gasteiger partial charge is 0.493 e. The van der Waals surface area contributed by atoms with Crippen LogP contribution in [-0.4, -0.2) is 81.6 Å². The number of methoxy groups -OCH3 is 2. The first-order chi connectivity index (χ1) is 15.9. The maximum Gasteiger partial charge on any atom is 0.309 e. The Labute approximate surface area is 199 Å². The molecule has 0 spiro atoms. The number of carbonyl (C=O) groups excluding carboxylic acids is 2. The topological polar surface area (TPSA) is 83.1 Å². The smallest absolute Gasteiger partial charge is 0.309 e. The molecule has 8 nitrogen and oxygen atoms in total. The van der Waals surface area contributed by atoms with Crippen molar-refractivity contribution < 1.29 is 19.1 Å². The lowest BCUT2D eigenvalue weighted by atomic mass is 10.0. The predicted molar refractivity (Wildman–Crippen MR) is 130 cm³/mol. The van der Waals surface area contributed by atoms with Gasteiger partial charge in [0.15, 0.2) is 11.5 Å². The number of likely N-dealkylation sites (N-methyl/N-ethyl adjacent to an activating group) is 1. The summed E-state index contributed by atoms with van der Waals surface area (Å²) in [5.74, 6) is 0.0619. The number of thiophene rings is 1. The highest BCUT2D eigenvalue weighted by Gasteiger charge is 2.31. The van der Waals surface area contributed by atoms with E-state index in [-0.39, 0.29) is 12.1 Å². The lowest BCUT2D eigenvalue weighted by Crippen LogP contribution is -2.53. The van der Waals surface area contributed by atoms with Gasteiger partial charge < -0.3 is 25.0 Å². The molecule has 2 atom stereocenters. The zero-order valence-corrected chi connectivity index (χ0v) is 20.6. The molecule has 1 aliphatic rings. The van der Waals surface area contributed by atoms with Crippen molar-refractivity contribution in [2.24, 2.45) is 0 Å². The predicted octanol–water partition coefficient (Wildman–Crippen LogP) is 1.92. The number of amides is 2. The lowest BCUT2D eigenvalue weighted by molar-refractivity contribution is -0.139. The second-order valence-electron chi connectivity index (χ2n) is 8.26. The van der Waals surface area contributed by atoms with Crippen LogP contribution in [0.15, 0.2) is 35.7 Å². The van der Waals surface area contributed by atoms with Gasteiger partial charge in [0.05, 0.1) is 20.3 Å². The standard InChI is InChI=1S/C24H34N4O4S/c1-17(22(21-6-5-15-33-21)28-13-11-27(2)12-14-28)26-24(30)23(29)25-10-9-18-7-8-19(31-3)20(16-18)32-4/h5-8,15-17,22H,9-14H2,1-4H3,(H,25,29)(H,26,30). The number of nitrogens with zero attached hydrogens (tertiary/aromatic N) is 2. The van der Waals surface area contributed by atoms with E-state index in [0.29, 0.717) is 24.5 Å². The summed E-state index contributed by atoms with van der Waals surface area (Å²) in [4.78, 5) is 30.9. The van der Waals surface area contributed by atoms with Crippen molar-refractivity contribution >= 4 is 23.2 Å². The number of rotatable bonds is 9. The quantitative estimate of drug-likeness (QED) is 0.541. The van der Waals surface area contributed by atoms with Crippen LogP contribution in [0.4, 0.5) is 0 Å². The summed E-state index contributed by atoms with van der Waals surface area (Å²) in [5.41, 5.74) is 0.981. The molecular formula is C24H34N4O4S. The highest BCUT2D eigenvalue weighted by atomic mass is 32.1. The van der Waals surface area contributed by atoms with Crippen molar-refractivity contribution in [1.82, 2.24) is 20.4 Å². The minimum atomic E-state index is -0.620. The van der Waals surface area contributed by atoms with Crippen molar-refractivity contribution in [1.29, 1.82) is 0 Å². The van der Waals surface area contributed by atoms with Gasteiger partial charge in [0, 0.05) is 43.6 Å². The fourth-order valence-corrected chi connectivity index (χ4v) is 5.05. The first kappa shape index (κ1) is 25.0. The summed E-state index contributed by atoms with van der Waals surface area (Å²) in [7, 11) is 5.29. The Balaban J connectivity index is 1.54. The molecule has 9 heteroatoms. The molecule has 1 aliphatic heterocycles. The first-order valence-corrected chi connectivity index (χ1v) is 12.1. The molecule has 0 saturated carbocycles. The fraction of sp³-hybridized carbons (Fsp3) is 0.500. The monoisotopic (exact) mass is 474 g/mol. The van der Waals surface area contributed by atoms with Crippen LogP contribution in [0.1, 0.15) is 23.4 Å². The molecule has 1 fully saturated rings. The van der Waals surface area contributed by atoms with E-state index in [0.717, 1.165) is 31.7 Å². The average Bonchev–Trinajstić information content (AvgIpc) is 3.34. The Morgan fingerprint density at radius 2 is 1.79 bits per heavy atom. The fourth-order valence-electron chi connectivity index (χ4n) is 4.09. The Hall–Kier alpha value is -2.62. The molecule has 0 radical (unpaired) electrons. The highest BCUT2D eigenvalue weighted by Crippen LogP contribution is 2.29. The Bertz CT molecular complexity index is 913. The maximum atomic E-state index is 12.6. The number of nitrogens with one attached hydrogen (secondary N) is 2. The molecule has 1 saturated heterocycles. The molecule has 33 heavy (non-hydrogen) atoms. The molecule has 2 unspecified atom stereocenters. The van der Waals surface area contributed by atoms with Gasteiger partial charge in [0.2, 0.25) is 0 Å². The van der Waals surface area contributed by atoms with Gasteiger partial charge in [0.1, 0.15) is 0 Å². The summed E-state index contributed by atoms with van der Waals surface area (Å²) < 4.78 is 10.6. The van der Waals surface area contributed by atoms with E-state index in [9.17, 15) is 9.59 Å². The van der Waals surface area contributed by atoms with E-state index < -0.39 is 11.8 Å². The lowest BCUT2D eigenvalue weighted by Gasteiger charge is -2.40. The van der Waals surface area contributed by atoms with Crippen molar-refractivity contribution in [2.75, 3.05) is 54.0 Å². The molecule has 0 aliphatic carbocycles. The van der Waals surface area contributed by atoms with Gasteiger partial charge in [-0.25, -0.2) is 0 Å². The van der Waals surface area contributed by atoms with Gasteiger partial charge in [0.25, 0.3) is 0 Å². The molecule has 1 aromatic heterocycles. The van der Waals surface area contributed by atoms with E-state index >= 15 is 0 Å². The van der Waals surface area contributed by atoms with E-state index in [1.165, 1.54) is 4.88 Å². The minimum absolute atomic E-state index is 0.0437. The average molecular weight is 475 g/mol. The van der Waals surface area contributed by atoms with E-state index in [1.54, 1.807) is 25.6 Å². The SMILES string of the molecule is COc1ccc(CCNC(=O)C(=O)NC(C)C(c2cccs2)N2CCN(C)CC2)cc1OC. The first-order valence-electron chi connectivity index (χ1n) is 11.2. The highest BCUT2D eigenvalue weighted by molar-refractivity contribution is 7.10. The van der Waals surface area contributed by atoms with Crippen LogP contribution in [0, 0.1) is 0 Å². The van der Waals surface area contributed by atoms with Crippen LogP contribution in [0.3, 0.4) is 0 Å². The van der Waals surface area contributed by atoms with Gasteiger partial charge in [-0.15, -0.1) is 11.3 Å². The van der Waals surface area contributed by atoms with Crippen LogP contribution in [0.5, 0.6) is 11.5 Å². The Morgan fingerprint density at radius 1 is 1.06 bits per heavy atom. The van der Waals surface area contributed by atoms with E-state index in [4.69, 9.17) is 9.47 Å². The van der Waals surface area contributed by atoms with Crippen LogP contribution in [0.25, 0.3) is 0 Å². The summed E-state index contributed by atoms with van der Waals surface area (Å²) in [6.45, 7) is 6.15. The van der Waals surface area contributed by atoms with Crippen molar-refractivity contribution in [3.63, 3.8) is 0 Å². The molecule has 3 rings (SSSR count). The third kappa shape index (κ3) is 6.69. The number of carbonyl (C=O) groups is 2. The molecule has 2 N–H and O–H groups in total. The van der Waals surface area contributed by atoms with Gasteiger partial charge in [-0.1, -0.05) is 12.1 Å². The number of piperazine rings is 1. The van der Waals surface area contributed by atoms with E-state index in [1.807, 2.05) is 36.6 Å². The molecule has 180 valence electrons. The van der Waals surface area contributed by atoms with Gasteiger partial charge in [-0.3, -0.25) is 14.5 Å². The summed E-state index contributed by atoms with van der Waals surface area (Å²) in [5, 5.41) is 7.69. The zero-order valence-electron chi connectivity index (χ0n) is 19.8. The van der Waals surface area contributed by atoms with Crippen LogP contribution >= 0.6 is 11.3 Å². The molecule has 0 bridgehead atoms. The van der Waals surface area contributed by atoms with E-state index in [2.05, 4.69) is 33.5 Å². The number of benzene rings is 1. The van der Waals surface area contributed by atoms with Crippen molar-refractivity contribution in [3.05, 3.63) is 46.2 Å². The third-order valence-corrected chi connectivity index (χ3v) is 6.89. The molecule has 2 heterocycles. The van der Waals surface area contributed by atoms with Crippen LogP contribution in [-0.2, 0) is 16.0 Å². The second-order valence-corrected chi connectivity index (χ2v) is 9.24.